The first-order valence-electron chi connectivity index (χ1n) is 8.20. The summed E-state index contributed by atoms with van der Waals surface area (Å²) < 4.78 is 12.2. The van der Waals surface area contributed by atoms with Crippen LogP contribution < -0.4 is 5.32 Å². The summed E-state index contributed by atoms with van der Waals surface area (Å²) in [5.74, 6) is -1.14. The monoisotopic (exact) mass is 431 g/mol. The predicted octanol–water partition coefficient (Wildman–Crippen LogP) is 3.95. The molecule has 0 unspecified atom stereocenters. The summed E-state index contributed by atoms with van der Waals surface area (Å²) in [5.41, 5.74) is 4.10. The summed E-state index contributed by atoms with van der Waals surface area (Å²) in [6.45, 7) is 5.26. The Labute approximate surface area is 164 Å². The van der Waals surface area contributed by atoms with Crippen LogP contribution in [0, 0.1) is 20.8 Å². The fraction of sp³-hybridized carbons (Fsp3) is 0.211. The van der Waals surface area contributed by atoms with Crippen LogP contribution in [0.15, 0.2) is 45.5 Å². The van der Waals surface area contributed by atoms with Gasteiger partial charge < -0.3 is 14.5 Å². The number of nitrogens with zero attached hydrogens (tertiary/aromatic N) is 2. The number of ether oxygens (including phenoxy) is 1. The van der Waals surface area contributed by atoms with Crippen molar-refractivity contribution in [3.8, 4) is 5.69 Å². The van der Waals surface area contributed by atoms with Crippen LogP contribution >= 0.6 is 15.9 Å². The highest BCUT2D eigenvalue weighted by atomic mass is 79.9. The number of halogens is 1. The minimum Gasteiger partial charge on any atom is -0.450 e. The van der Waals surface area contributed by atoms with Gasteiger partial charge in [-0.15, -0.1) is 0 Å². The molecule has 1 N–H and O–H groups in total. The van der Waals surface area contributed by atoms with Gasteiger partial charge in [0.05, 0.1) is 22.8 Å². The highest BCUT2D eigenvalue weighted by Crippen LogP contribution is 2.23. The van der Waals surface area contributed by atoms with Crippen molar-refractivity contribution in [2.45, 2.75) is 20.8 Å². The van der Waals surface area contributed by atoms with E-state index < -0.39 is 18.5 Å². The van der Waals surface area contributed by atoms with E-state index in [1.54, 1.807) is 17.7 Å². The maximum absolute atomic E-state index is 12.2. The normalized spacial score (nSPS) is 10.7. The molecular formula is C19H18BrN3O4. The minimum absolute atomic E-state index is 0.0224. The second-order valence-corrected chi connectivity index (χ2v) is 6.80. The number of anilines is 1. The molecule has 2 heterocycles. The smallest absolute Gasteiger partial charge is 0.374 e. The number of aryl methyl sites for hydroxylation is 2. The molecule has 0 saturated heterocycles. The molecule has 3 aromatic rings. The Bertz CT molecular complexity index is 989. The maximum atomic E-state index is 12.2. The number of hydrogen-bond donors (Lipinski definition) is 1. The van der Waals surface area contributed by atoms with Gasteiger partial charge >= 0.3 is 5.97 Å². The van der Waals surface area contributed by atoms with E-state index in [4.69, 9.17) is 9.15 Å². The van der Waals surface area contributed by atoms with E-state index in [9.17, 15) is 9.59 Å². The first kappa shape index (κ1) is 18.9. The molecular weight excluding hydrogens is 414 g/mol. The second kappa shape index (κ2) is 7.79. The highest BCUT2D eigenvalue weighted by molar-refractivity contribution is 9.10. The van der Waals surface area contributed by atoms with Crippen molar-refractivity contribution in [2.24, 2.45) is 0 Å². The van der Waals surface area contributed by atoms with Crippen LogP contribution in [0.4, 0.5) is 5.69 Å². The summed E-state index contributed by atoms with van der Waals surface area (Å²) >= 11 is 3.10. The van der Waals surface area contributed by atoms with Crippen molar-refractivity contribution in [1.29, 1.82) is 0 Å². The number of esters is 1. The maximum Gasteiger partial charge on any atom is 0.374 e. The van der Waals surface area contributed by atoms with Gasteiger partial charge in [0.15, 0.2) is 11.3 Å². The van der Waals surface area contributed by atoms with Gasteiger partial charge in [0.1, 0.15) is 0 Å². The lowest BCUT2D eigenvalue weighted by Crippen LogP contribution is -2.21. The number of amides is 1. The van der Waals surface area contributed by atoms with E-state index in [0.717, 1.165) is 16.9 Å². The lowest BCUT2D eigenvalue weighted by molar-refractivity contribution is -0.119. The standard InChI is InChI=1S/C19H18BrN3O4/c1-11-4-6-14(7-5-11)23-13(3)18(12(2)22-23)21-17(24)10-26-19(25)15-8-9-16(20)27-15/h4-9H,10H2,1-3H3,(H,21,24). The van der Waals surface area contributed by atoms with E-state index in [1.807, 2.05) is 38.1 Å². The molecule has 0 aliphatic heterocycles. The van der Waals surface area contributed by atoms with Crippen LogP contribution in [0.2, 0.25) is 0 Å². The Morgan fingerprint density at radius 1 is 1.15 bits per heavy atom. The summed E-state index contributed by atoms with van der Waals surface area (Å²) in [7, 11) is 0. The second-order valence-electron chi connectivity index (χ2n) is 6.02. The van der Waals surface area contributed by atoms with Gasteiger partial charge in [-0.3, -0.25) is 4.79 Å². The van der Waals surface area contributed by atoms with E-state index in [2.05, 4.69) is 26.3 Å². The molecule has 0 radical (unpaired) electrons. The van der Waals surface area contributed by atoms with E-state index in [-0.39, 0.29) is 5.76 Å². The van der Waals surface area contributed by atoms with Crippen LogP contribution in [0.25, 0.3) is 5.69 Å². The molecule has 0 bridgehead atoms. The van der Waals surface area contributed by atoms with E-state index in [0.29, 0.717) is 16.1 Å². The summed E-state index contributed by atoms with van der Waals surface area (Å²) in [6, 6.07) is 11.0. The van der Waals surface area contributed by atoms with Gasteiger partial charge in [-0.1, -0.05) is 17.7 Å². The Balaban J connectivity index is 1.67. The van der Waals surface area contributed by atoms with Crippen LogP contribution in [-0.4, -0.2) is 28.3 Å². The van der Waals surface area contributed by atoms with E-state index in [1.165, 1.54) is 6.07 Å². The topological polar surface area (TPSA) is 86.4 Å². The molecule has 1 amide bonds. The van der Waals surface area contributed by atoms with Crippen LogP contribution in [0.3, 0.4) is 0 Å². The predicted molar refractivity (Wildman–Crippen MR) is 103 cm³/mol. The van der Waals surface area contributed by atoms with Gasteiger partial charge in [-0.05, 0) is 61.0 Å². The fourth-order valence-corrected chi connectivity index (χ4v) is 2.87. The quantitative estimate of drug-likeness (QED) is 0.617. The summed E-state index contributed by atoms with van der Waals surface area (Å²) in [4.78, 5) is 24.0. The average Bonchev–Trinajstić information content (AvgIpc) is 3.19. The Kier molecular flexibility index (Phi) is 5.46. The zero-order chi connectivity index (χ0) is 19.6. The van der Waals surface area contributed by atoms with Crippen molar-refractivity contribution >= 4 is 33.5 Å². The lowest BCUT2D eigenvalue weighted by Gasteiger charge is -2.08. The zero-order valence-electron chi connectivity index (χ0n) is 15.1. The van der Waals surface area contributed by atoms with Gasteiger partial charge in [0.2, 0.25) is 5.76 Å². The zero-order valence-corrected chi connectivity index (χ0v) is 16.7. The Morgan fingerprint density at radius 3 is 2.48 bits per heavy atom. The van der Waals surface area contributed by atoms with Crippen LogP contribution in [0.5, 0.6) is 0 Å². The summed E-state index contributed by atoms with van der Waals surface area (Å²) in [5, 5.41) is 7.24. The van der Waals surface area contributed by atoms with Crippen LogP contribution in [-0.2, 0) is 9.53 Å². The molecule has 3 rings (SSSR count). The van der Waals surface area contributed by atoms with Crippen molar-refractivity contribution in [2.75, 3.05) is 11.9 Å². The molecule has 0 saturated carbocycles. The molecule has 0 fully saturated rings. The molecule has 2 aromatic heterocycles. The van der Waals surface area contributed by atoms with Crippen LogP contribution in [0.1, 0.15) is 27.5 Å². The molecule has 7 nitrogen and oxygen atoms in total. The first-order chi connectivity index (χ1) is 12.8. The number of carbonyl (C=O) groups excluding carboxylic acids is 2. The van der Waals surface area contributed by atoms with Crippen molar-refractivity contribution in [1.82, 2.24) is 9.78 Å². The number of nitrogens with one attached hydrogen (secondary N) is 1. The fourth-order valence-electron chi connectivity index (χ4n) is 2.56. The average molecular weight is 432 g/mol. The molecule has 0 aliphatic rings. The van der Waals surface area contributed by atoms with Crippen molar-refractivity contribution in [3.05, 3.63) is 63.8 Å². The third kappa shape index (κ3) is 4.28. The summed E-state index contributed by atoms with van der Waals surface area (Å²) in [6.07, 6.45) is 0. The number of benzene rings is 1. The molecule has 0 aliphatic carbocycles. The number of rotatable bonds is 5. The van der Waals surface area contributed by atoms with Gasteiger partial charge in [-0.2, -0.15) is 5.10 Å². The Morgan fingerprint density at radius 2 is 1.85 bits per heavy atom. The van der Waals surface area contributed by atoms with Gasteiger partial charge in [-0.25, -0.2) is 9.48 Å². The largest absolute Gasteiger partial charge is 0.450 e. The third-order valence-electron chi connectivity index (χ3n) is 3.94. The minimum atomic E-state index is -0.709. The number of furan rings is 1. The van der Waals surface area contributed by atoms with Gasteiger partial charge in [0, 0.05) is 0 Å². The van der Waals surface area contributed by atoms with E-state index >= 15 is 0 Å². The third-order valence-corrected chi connectivity index (χ3v) is 4.37. The molecule has 0 atom stereocenters. The molecule has 27 heavy (non-hydrogen) atoms. The molecule has 8 heteroatoms. The molecule has 0 spiro atoms. The molecule has 1 aromatic carbocycles. The first-order valence-corrected chi connectivity index (χ1v) is 9.00. The number of carbonyl (C=O) groups is 2. The van der Waals surface area contributed by atoms with Gasteiger partial charge in [0.25, 0.3) is 5.91 Å². The van der Waals surface area contributed by atoms with Crippen molar-refractivity contribution in [3.63, 3.8) is 0 Å². The molecule has 140 valence electrons. The lowest BCUT2D eigenvalue weighted by atomic mass is 10.2. The van der Waals surface area contributed by atoms with Crippen molar-refractivity contribution < 1.29 is 18.7 Å². The SMILES string of the molecule is Cc1ccc(-n2nc(C)c(NC(=O)COC(=O)c3ccc(Br)o3)c2C)cc1. The Hall–Kier alpha value is -2.87. The number of hydrogen-bond acceptors (Lipinski definition) is 5. The highest BCUT2D eigenvalue weighted by Gasteiger charge is 2.18. The number of aromatic nitrogens is 2.